The maximum Gasteiger partial charge on any atom is 0.159 e. The number of fused-ring (bicyclic) bond motifs is 11. The maximum absolute atomic E-state index is 6.94. The Hall–Kier alpha value is -7.56. The first-order valence-electron chi connectivity index (χ1n) is 23.1. The zero-order chi connectivity index (χ0) is 43.9. The molecule has 1 aliphatic rings. The summed E-state index contributed by atoms with van der Waals surface area (Å²) >= 11 is 0. The molecule has 0 fully saturated rings. The van der Waals surface area contributed by atoms with E-state index in [0.29, 0.717) is 17.8 Å². The van der Waals surface area contributed by atoms with E-state index in [1.54, 1.807) is 0 Å². The van der Waals surface area contributed by atoms with Gasteiger partial charge in [0.15, 0.2) is 11.2 Å². The van der Waals surface area contributed by atoms with E-state index in [1.165, 1.54) is 38.2 Å². The average molecular weight is 843 g/mol. The van der Waals surface area contributed by atoms with Crippen molar-refractivity contribution in [2.24, 2.45) is 5.92 Å². The molecule has 0 aliphatic heterocycles. The monoisotopic (exact) mass is 842 g/mol. The summed E-state index contributed by atoms with van der Waals surface area (Å²) in [4.78, 5) is 4.85. The average Bonchev–Trinajstić information content (AvgIpc) is 3.91. The minimum Gasteiger partial charge on any atom is -0.458 e. The van der Waals surface area contributed by atoms with Crippen molar-refractivity contribution in [2.45, 2.75) is 52.9 Å². The Labute approximate surface area is 379 Å². The first-order chi connectivity index (χ1) is 31.8. The van der Waals surface area contributed by atoms with Gasteiger partial charge in [-0.2, -0.15) is 0 Å². The van der Waals surface area contributed by atoms with Crippen LogP contribution >= 0.6 is 0 Å². The first-order valence-corrected chi connectivity index (χ1v) is 23.1. The highest BCUT2D eigenvalue weighted by atomic mass is 16.3. The number of nitrogens with zero attached hydrogens (tertiary/aromatic N) is 2. The summed E-state index contributed by atoms with van der Waals surface area (Å²) in [5.41, 5.74) is 12.8. The summed E-state index contributed by atoms with van der Waals surface area (Å²) in [5, 5.41) is 10.4. The fourth-order valence-electron chi connectivity index (χ4n) is 10.3. The van der Waals surface area contributed by atoms with Crippen molar-refractivity contribution in [1.29, 1.82) is 0 Å². The molecule has 1 unspecified atom stereocenters. The quantitative estimate of drug-likeness (QED) is 0.143. The molecule has 0 N–H and O–H groups in total. The minimum absolute atomic E-state index is 0.414. The van der Waals surface area contributed by atoms with E-state index in [2.05, 4.69) is 220 Å². The summed E-state index contributed by atoms with van der Waals surface area (Å²) in [5.74, 6) is 2.31. The zero-order valence-electron chi connectivity index (χ0n) is 37.5. The van der Waals surface area contributed by atoms with E-state index >= 15 is 0 Å². The molecule has 0 bridgehead atoms. The Morgan fingerprint density at radius 2 is 0.892 bits per heavy atom. The Bertz CT molecular complexity index is 3660. The standard InChI is InChI=1S/C61H50N2O2/c1-37(2)40-25-29-42(30-26-40)62(54-21-12-19-50-48-18-10-11-23-58(48)64-60(50)54)56-35-52-45-15-7-9-17-47(45)57(36-53(52)44-14-6-8-16-46(44)56)63(43-31-27-41(28-32-43)38(3)4)55-22-13-20-51-49-33-24-39(5)34-59(49)65-61(51)55/h6-33,35-39H,34H2,1-5H3. The SMILES string of the molecule is CC1C=Cc2c(oc3c(N(c4ccc(C(C)C)cc4)c4cc5c6ccccc6c(N(c6ccc(C(C)C)cc6)c6cccc7c6oc6ccccc67)cc5c5ccccc45)cccc23)C1. The molecule has 1 aliphatic carbocycles. The Morgan fingerprint density at radius 3 is 1.43 bits per heavy atom. The van der Waals surface area contributed by atoms with Gasteiger partial charge in [-0.1, -0.05) is 162 Å². The second kappa shape index (κ2) is 15.3. The van der Waals surface area contributed by atoms with Gasteiger partial charge in [0.05, 0.1) is 22.7 Å². The van der Waals surface area contributed by atoms with Crippen LogP contribution in [0.3, 0.4) is 0 Å². The smallest absolute Gasteiger partial charge is 0.159 e. The van der Waals surface area contributed by atoms with E-state index in [0.717, 1.165) is 90.0 Å². The van der Waals surface area contributed by atoms with Crippen molar-refractivity contribution in [3.05, 3.63) is 198 Å². The molecule has 12 rings (SSSR count). The van der Waals surface area contributed by atoms with Crippen molar-refractivity contribution in [3.8, 4) is 0 Å². The number of hydrogen-bond acceptors (Lipinski definition) is 4. The van der Waals surface area contributed by atoms with Gasteiger partial charge in [0.25, 0.3) is 0 Å². The maximum atomic E-state index is 6.94. The van der Waals surface area contributed by atoms with Crippen molar-refractivity contribution < 1.29 is 8.83 Å². The van der Waals surface area contributed by atoms with E-state index in [9.17, 15) is 0 Å². The van der Waals surface area contributed by atoms with Crippen LogP contribution in [0.2, 0.25) is 0 Å². The van der Waals surface area contributed by atoms with Crippen LogP contribution in [0.5, 0.6) is 0 Å². The third kappa shape index (κ3) is 6.34. The molecule has 0 saturated heterocycles. The molecule has 0 amide bonds. The second-order valence-electron chi connectivity index (χ2n) is 18.5. The summed E-state index contributed by atoms with van der Waals surface area (Å²) in [7, 11) is 0. The van der Waals surface area contributed by atoms with Crippen LogP contribution in [0.15, 0.2) is 185 Å². The lowest BCUT2D eigenvalue weighted by molar-refractivity contribution is 0.513. The zero-order valence-corrected chi connectivity index (χ0v) is 37.5. The van der Waals surface area contributed by atoms with Gasteiger partial charge in [0, 0.05) is 50.3 Å². The van der Waals surface area contributed by atoms with Crippen LogP contribution in [0.4, 0.5) is 34.1 Å². The highest BCUT2D eigenvalue weighted by molar-refractivity contribution is 6.25. The lowest BCUT2D eigenvalue weighted by Gasteiger charge is -2.30. The minimum atomic E-state index is 0.414. The summed E-state index contributed by atoms with van der Waals surface area (Å²) < 4.78 is 13.7. The van der Waals surface area contributed by atoms with Crippen molar-refractivity contribution in [3.63, 3.8) is 0 Å². The second-order valence-corrected chi connectivity index (χ2v) is 18.5. The summed E-state index contributed by atoms with van der Waals surface area (Å²) in [6, 6.07) is 62.4. The molecule has 2 heterocycles. The topological polar surface area (TPSA) is 32.8 Å². The molecule has 9 aromatic carbocycles. The summed E-state index contributed by atoms with van der Waals surface area (Å²) in [6.07, 6.45) is 5.45. The largest absolute Gasteiger partial charge is 0.458 e. The number of hydrogen-bond donors (Lipinski definition) is 0. The van der Waals surface area contributed by atoms with Crippen LogP contribution in [-0.4, -0.2) is 0 Å². The van der Waals surface area contributed by atoms with Gasteiger partial charge in [-0.15, -0.1) is 0 Å². The normalized spacial score (nSPS) is 13.9. The first kappa shape index (κ1) is 39.1. The van der Waals surface area contributed by atoms with Crippen LogP contribution in [0.25, 0.3) is 71.3 Å². The molecule has 0 spiro atoms. The van der Waals surface area contributed by atoms with Gasteiger partial charge < -0.3 is 18.6 Å². The third-order valence-corrected chi connectivity index (χ3v) is 13.7. The Kier molecular flexibility index (Phi) is 9.20. The number of rotatable bonds is 8. The lowest BCUT2D eigenvalue weighted by Crippen LogP contribution is -2.12. The number of furan rings is 2. The molecule has 4 nitrogen and oxygen atoms in total. The molecule has 11 aromatic rings. The van der Waals surface area contributed by atoms with E-state index in [1.807, 2.05) is 6.07 Å². The fraction of sp³-hybridized carbons (Fsp3) is 0.148. The number of para-hydroxylation sites is 3. The molecular weight excluding hydrogens is 793 g/mol. The lowest BCUT2D eigenvalue weighted by atomic mass is 9.93. The summed E-state index contributed by atoms with van der Waals surface area (Å²) in [6.45, 7) is 11.3. The molecule has 0 radical (unpaired) electrons. The molecular formula is C61H50N2O2. The Balaban J connectivity index is 1.15. The molecule has 4 heteroatoms. The number of anilines is 6. The van der Waals surface area contributed by atoms with Crippen molar-refractivity contribution >= 4 is 105 Å². The molecule has 2 aromatic heterocycles. The predicted molar refractivity (Wildman–Crippen MR) is 275 cm³/mol. The molecule has 0 saturated carbocycles. The molecule has 65 heavy (non-hydrogen) atoms. The van der Waals surface area contributed by atoms with Gasteiger partial charge in [0.2, 0.25) is 0 Å². The van der Waals surface area contributed by atoms with E-state index in [-0.39, 0.29) is 0 Å². The number of allylic oxidation sites excluding steroid dienone is 1. The van der Waals surface area contributed by atoms with Gasteiger partial charge >= 0.3 is 0 Å². The van der Waals surface area contributed by atoms with Crippen LogP contribution in [-0.2, 0) is 6.42 Å². The highest BCUT2D eigenvalue weighted by Gasteiger charge is 2.27. The third-order valence-electron chi connectivity index (χ3n) is 13.7. The fourth-order valence-corrected chi connectivity index (χ4v) is 10.3. The van der Waals surface area contributed by atoms with Crippen LogP contribution in [0.1, 0.15) is 68.9 Å². The molecule has 1 atom stereocenters. The number of benzene rings is 9. The predicted octanol–water partition coefficient (Wildman–Crippen LogP) is 18.2. The van der Waals surface area contributed by atoms with Crippen LogP contribution in [0, 0.1) is 5.92 Å². The van der Waals surface area contributed by atoms with Crippen LogP contribution < -0.4 is 9.80 Å². The molecule has 316 valence electrons. The highest BCUT2D eigenvalue weighted by Crippen LogP contribution is 2.51. The van der Waals surface area contributed by atoms with Crippen molar-refractivity contribution in [1.82, 2.24) is 0 Å². The van der Waals surface area contributed by atoms with E-state index in [4.69, 9.17) is 8.83 Å². The van der Waals surface area contributed by atoms with Gasteiger partial charge in [-0.25, -0.2) is 0 Å². The van der Waals surface area contributed by atoms with Gasteiger partial charge in [-0.3, -0.25) is 0 Å². The van der Waals surface area contributed by atoms with Gasteiger partial charge in [0.1, 0.15) is 11.3 Å². The van der Waals surface area contributed by atoms with Crippen molar-refractivity contribution in [2.75, 3.05) is 9.80 Å². The van der Waals surface area contributed by atoms with Gasteiger partial charge in [-0.05, 0) is 105 Å². The Morgan fingerprint density at radius 1 is 0.431 bits per heavy atom. The van der Waals surface area contributed by atoms with E-state index < -0.39 is 0 Å².